The number of nitrogens with zero attached hydrogens (tertiary/aromatic N) is 1. The first-order valence-corrected chi connectivity index (χ1v) is 9.99. The van der Waals surface area contributed by atoms with Crippen LogP contribution in [-0.2, 0) is 4.74 Å². The van der Waals surface area contributed by atoms with Crippen LogP contribution < -0.4 is 14.8 Å². The molecule has 1 atom stereocenters. The highest BCUT2D eigenvalue weighted by atomic mass is 79.9. The number of amides is 1. The van der Waals surface area contributed by atoms with Gasteiger partial charge in [0.25, 0.3) is 5.91 Å². The summed E-state index contributed by atoms with van der Waals surface area (Å²) in [5, 5.41) is 3.07. The van der Waals surface area contributed by atoms with Crippen LogP contribution in [0.2, 0.25) is 0 Å². The lowest BCUT2D eigenvalue weighted by molar-refractivity contribution is 0.0162. The first-order chi connectivity index (χ1) is 13.6. The van der Waals surface area contributed by atoms with Crippen LogP contribution in [0, 0.1) is 0 Å². The van der Waals surface area contributed by atoms with E-state index < -0.39 is 0 Å². The van der Waals surface area contributed by atoms with Crippen molar-refractivity contribution < 1.29 is 19.0 Å². The Balaban J connectivity index is 1.80. The Morgan fingerprint density at radius 1 is 1.14 bits per heavy atom. The highest BCUT2D eigenvalue weighted by Gasteiger charge is 2.24. The smallest absolute Gasteiger partial charge is 0.251 e. The van der Waals surface area contributed by atoms with E-state index in [-0.39, 0.29) is 11.9 Å². The number of hydrogen-bond acceptors (Lipinski definition) is 5. The van der Waals surface area contributed by atoms with Crippen molar-refractivity contribution in [3.63, 3.8) is 0 Å². The molecule has 1 heterocycles. The van der Waals surface area contributed by atoms with E-state index in [1.54, 1.807) is 20.3 Å². The molecule has 2 aromatic carbocycles. The van der Waals surface area contributed by atoms with Gasteiger partial charge in [0.05, 0.1) is 33.5 Å². The third kappa shape index (κ3) is 5.04. The van der Waals surface area contributed by atoms with Crippen molar-refractivity contribution >= 4 is 21.8 Å². The summed E-state index contributed by atoms with van der Waals surface area (Å²) in [7, 11) is 3.25. The fourth-order valence-corrected chi connectivity index (χ4v) is 3.73. The molecule has 3 rings (SSSR count). The van der Waals surface area contributed by atoms with E-state index in [4.69, 9.17) is 14.2 Å². The quantitative estimate of drug-likeness (QED) is 0.704. The number of hydrogen-bond donors (Lipinski definition) is 1. The molecule has 7 heteroatoms. The molecule has 0 saturated carbocycles. The molecule has 150 valence electrons. The van der Waals surface area contributed by atoms with Crippen molar-refractivity contribution in [2.24, 2.45) is 0 Å². The van der Waals surface area contributed by atoms with Gasteiger partial charge in [-0.1, -0.05) is 28.1 Å². The number of carbonyl (C=O) groups excluding carboxylic acids is 1. The molecule has 0 radical (unpaired) electrons. The topological polar surface area (TPSA) is 60.0 Å². The maximum Gasteiger partial charge on any atom is 0.251 e. The van der Waals surface area contributed by atoms with Crippen LogP contribution in [0.25, 0.3) is 0 Å². The molecular formula is C21H25BrN2O4. The standard InChI is InChI=1S/C21H25BrN2O4/c1-26-19-7-6-15(13-20(19)27-2)18(24-8-10-28-11-9-24)14-23-21(25)16-4-3-5-17(22)12-16/h3-7,12-13,18H,8-11,14H2,1-2H3,(H,23,25). The molecule has 28 heavy (non-hydrogen) atoms. The zero-order valence-corrected chi connectivity index (χ0v) is 17.7. The Hall–Kier alpha value is -2.09. The first kappa shape index (κ1) is 20.6. The van der Waals surface area contributed by atoms with Crippen molar-refractivity contribution in [3.05, 3.63) is 58.1 Å². The Morgan fingerprint density at radius 3 is 2.57 bits per heavy atom. The molecule has 0 aromatic heterocycles. The number of methoxy groups -OCH3 is 2. The third-order valence-corrected chi connectivity index (χ3v) is 5.31. The Kier molecular flexibility index (Phi) is 7.30. The third-order valence-electron chi connectivity index (χ3n) is 4.82. The van der Waals surface area contributed by atoms with E-state index in [9.17, 15) is 4.79 Å². The molecule has 0 bridgehead atoms. The van der Waals surface area contributed by atoms with Crippen molar-refractivity contribution in [2.75, 3.05) is 47.1 Å². The fraction of sp³-hybridized carbons (Fsp3) is 0.381. The maximum absolute atomic E-state index is 12.6. The molecule has 1 fully saturated rings. The number of ether oxygens (including phenoxy) is 3. The van der Waals surface area contributed by atoms with Crippen molar-refractivity contribution in [2.45, 2.75) is 6.04 Å². The van der Waals surface area contributed by atoms with E-state index >= 15 is 0 Å². The van der Waals surface area contributed by atoms with E-state index in [0.29, 0.717) is 36.8 Å². The number of nitrogens with one attached hydrogen (secondary N) is 1. The van der Waals surface area contributed by atoms with E-state index in [2.05, 4.69) is 26.1 Å². The summed E-state index contributed by atoms with van der Waals surface area (Å²) in [5.74, 6) is 1.27. The van der Waals surface area contributed by atoms with Crippen LogP contribution in [0.3, 0.4) is 0 Å². The van der Waals surface area contributed by atoms with Gasteiger partial charge >= 0.3 is 0 Å². The van der Waals surface area contributed by atoms with E-state index in [1.807, 2.05) is 36.4 Å². The van der Waals surface area contributed by atoms with Crippen molar-refractivity contribution in [3.8, 4) is 11.5 Å². The lowest BCUT2D eigenvalue weighted by Crippen LogP contribution is -2.43. The zero-order valence-electron chi connectivity index (χ0n) is 16.1. The SMILES string of the molecule is COc1ccc(C(CNC(=O)c2cccc(Br)c2)N2CCOCC2)cc1OC. The van der Waals surface area contributed by atoms with Gasteiger partial charge in [0.2, 0.25) is 0 Å². The molecular weight excluding hydrogens is 424 g/mol. The largest absolute Gasteiger partial charge is 0.493 e. The highest BCUT2D eigenvalue weighted by Crippen LogP contribution is 2.32. The summed E-state index contributed by atoms with van der Waals surface area (Å²) in [6, 6.07) is 13.3. The van der Waals surface area contributed by atoms with E-state index in [0.717, 1.165) is 23.1 Å². The first-order valence-electron chi connectivity index (χ1n) is 9.20. The normalized spacial score (nSPS) is 15.7. The second-order valence-corrected chi connectivity index (χ2v) is 7.41. The lowest BCUT2D eigenvalue weighted by Gasteiger charge is -2.35. The highest BCUT2D eigenvalue weighted by molar-refractivity contribution is 9.10. The molecule has 1 aliphatic heterocycles. The fourth-order valence-electron chi connectivity index (χ4n) is 3.33. The predicted molar refractivity (Wildman–Crippen MR) is 111 cm³/mol. The van der Waals surface area contributed by atoms with E-state index in [1.165, 1.54) is 0 Å². The van der Waals surface area contributed by atoms with Gasteiger partial charge in [-0.15, -0.1) is 0 Å². The summed E-state index contributed by atoms with van der Waals surface area (Å²) in [6.07, 6.45) is 0. The number of morpholine rings is 1. The Bertz CT molecular complexity index is 809. The molecule has 0 aliphatic carbocycles. The second-order valence-electron chi connectivity index (χ2n) is 6.50. The molecule has 1 amide bonds. The molecule has 2 aromatic rings. The minimum Gasteiger partial charge on any atom is -0.493 e. The average Bonchev–Trinajstić information content (AvgIpc) is 2.74. The summed E-state index contributed by atoms with van der Waals surface area (Å²) in [4.78, 5) is 14.9. The molecule has 1 unspecified atom stereocenters. The second kappa shape index (κ2) is 9.91. The summed E-state index contributed by atoms with van der Waals surface area (Å²) in [5.41, 5.74) is 1.69. The van der Waals surface area contributed by atoms with Crippen LogP contribution in [0.15, 0.2) is 46.9 Å². The molecule has 6 nitrogen and oxygen atoms in total. The predicted octanol–water partition coefficient (Wildman–Crippen LogP) is 3.27. The van der Waals surface area contributed by atoms with Crippen molar-refractivity contribution in [1.29, 1.82) is 0 Å². The average molecular weight is 449 g/mol. The monoisotopic (exact) mass is 448 g/mol. The van der Waals surface area contributed by atoms with Crippen LogP contribution in [-0.4, -0.2) is 57.9 Å². The number of benzene rings is 2. The van der Waals surface area contributed by atoms with Gasteiger partial charge in [0.1, 0.15) is 0 Å². The lowest BCUT2D eigenvalue weighted by atomic mass is 10.0. The minimum absolute atomic E-state index is 0.0137. The summed E-state index contributed by atoms with van der Waals surface area (Å²) in [6.45, 7) is 3.48. The maximum atomic E-state index is 12.6. The van der Waals surface area contributed by atoms with Crippen LogP contribution in [0.5, 0.6) is 11.5 Å². The van der Waals surface area contributed by atoms with Gasteiger partial charge in [-0.3, -0.25) is 9.69 Å². The summed E-state index contributed by atoms with van der Waals surface area (Å²) >= 11 is 3.41. The summed E-state index contributed by atoms with van der Waals surface area (Å²) < 4.78 is 17.2. The zero-order chi connectivity index (χ0) is 19.9. The van der Waals surface area contributed by atoms with Gasteiger partial charge in [0.15, 0.2) is 11.5 Å². The van der Waals surface area contributed by atoms with Crippen LogP contribution >= 0.6 is 15.9 Å². The minimum atomic E-state index is -0.0972. The van der Waals surface area contributed by atoms with Gasteiger partial charge < -0.3 is 19.5 Å². The molecule has 1 saturated heterocycles. The van der Waals surface area contributed by atoms with Gasteiger partial charge in [-0.25, -0.2) is 0 Å². The number of carbonyl (C=O) groups is 1. The molecule has 1 aliphatic rings. The van der Waals surface area contributed by atoms with Gasteiger partial charge in [-0.2, -0.15) is 0 Å². The molecule has 0 spiro atoms. The number of rotatable bonds is 7. The molecule has 1 N–H and O–H groups in total. The van der Waals surface area contributed by atoms with Crippen LogP contribution in [0.4, 0.5) is 0 Å². The van der Waals surface area contributed by atoms with Gasteiger partial charge in [-0.05, 0) is 35.9 Å². The van der Waals surface area contributed by atoms with Crippen molar-refractivity contribution in [1.82, 2.24) is 10.2 Å². The Labute approximate surface area is 173 Å². The van der Waals surface area contributed by atoms with Crippen LogP contribution in [0.1, 0.15) is 22.0 Å². The Morgan fingerprint density at radius 2 is 1.89 bits per heavy atom. The van der Waals surface area contributed by atoms with Gasteiger partial charge in [0, 0.05) is 29.7 Å². The number of halogens is 1.